The minimum atomic E-state index is -5.72. The van der Waals surface area contributed by atoms with Crippen LogP contribution in [0.1, 0.15) is 16.7 Å². The zero-order valence-corrected chi connectivity index (χ0v) is 16.5. The van der Waals surface area contributed by atoms with Crippen LogP contribution in [0, 0.1) is 0 Å². The van der Waals surface area contributed by atoms with Crippen molar-refractivity contribution in [1.82, 2.24) is 0 Å². The van der Waals surface area contributed by atoms with E-state index < -0.39 is 33.9 Å². The second-order valence-electron chi connectivity index (χ2n) is 5.78. The maximum atomic E-state index is 13.0. The van der Waals surface area contributed by atoms with Gasteiger partial charge in [-0.25, -0.2) is 9.59 Å². The molecule has 0 saturated carbocycles. The molecule has 1 aromatic carbocycles. The van der Waals surface area contributed by atoms with E-state index >= 15 is 0 Å². The zero-order valence-electron chi connectivity index (χ0n) is 15.7. The molecule has 0 fully saturated rings. The Balaban J connectivity index is 2.83. The first-order valence-corrected chi connectivity index (χ1v) is 9.95. The van der Waals surface area contributed by atoms with Crippen LogP contribution in [0.25, 0.3) is 0 Å². The van der Waals surface area contributed by atoms with E-state index in [0.29, 0.717) is 30.5 Å². The summed E-state index contributed by atoms with van der Waals surface area (Å²) in [5.41, 5.74) is 2.72. The fourth-order valence-electron chi connectivity index (χ4n) is 2.24. The highest BCUT2D eigenvalue weighted by Gasteiger charge is 2.45. The third-order valence-electron chi connectivity index (χ3n) is 3.79. The molecule has 7 nitrogen and oxygen atoms in total. The molecule has 0 radical (unpaired) electrons. The number of esters is 2. The van der Waals surface area contributed by atoms with Gasteiger partial charge in [0.2, 0.25) is 0 Å². The van der Waals surface area contributed by atoms with E-state index in [4.69, 9.17) is 9.29 Å². The molecule has 0 heterocycles. The summed E-state index contributed by atoms with van der Waals surface area (Å²) in [5.74, 6) is -1.94. The summed E-state index contributed by atoms with van der Waals surface area (Å²) >= 11 is 0. The highest BCUT2D eigenvalue weighted by atomic mass is 32.2. The molecule has 0 aliphatic heterocycles. The van der Waals surface area contributed by atoms with Crippen LogP contribution < -0.4 is 4.74 Å². The third-order valence-corrected chi connectivity index (χ3v) is 4.66. The molecule has 0 spiro atoms. The van der Waals surface area contributed by atoms with Crippen molar-refractivity contribution in [2.24, 2.45) is 0 Å². The molecule has 1 aromatic rings. The molecule has 0 aliphatic carbocycles. The summed E-state index contributed by atoms with van der Waals surface area (Å²) in [6.45, 7) is -1.89. The van der Waals surface area contributed by atoms with Crippen LogP contribution in [0.15, 0.2) is 24.3 Å². The molecular weight excluding hydrogens is 395 g/mol. The topological polar surface area (TPSA) is 107 Å². The van der Waals surface area contributed by atoms with Gasteiger partial charge in [-0.2, -0.15) is 17.2 Å². The maximum Gasteiger partial charge on any atom is 0.402 e. The van der Waals surface area contributed by atoms with Gasteiger partial charge in [0, 0.05) is 12.2 Å². The normalized spacial score (nSPS) is 12.1. The molecule has 0 aromatic heterocycles. The summed E-state index contributed by atoms with van der Waals surface area (Å²) in [6, 6.07) is 3.83. The van der Waals surface area contributed by atoms with E-state index in [1.54, 1.807) is 0 Å². The molecule has 1 N–H and O–H groups in total. The average molecular weight is 414 g/mol. The summed E-state index contributed by atoms with van der Waals surface area (Å²) < 4.78 is 64.4. The Morgan fingerprint density at radius 1 is 1.04 bits per heavy atom. The summed E-state index contributed by atoms with van der Waals surface area (Å²) in [6.07, 6.45) is 3.24. The van der Waals surface area contributed by atoms with Gasteiger partial charge in [0.15, 0.2) is 6.61 Å². The molecule has 13 heteroatoms. The standard InChI is InChI=1S/C15H19B3F2O7S/c16-5-9-3-10(6-17)14(11(4-9)7-18)27-13(22)2-1-12(21)26-8-15(19,20)28(23,24)25/h1-4H,5-8,16-18H2,(H,23,24,25)/b2-1-. The van der Waals surface area contributed by atoms with Crippen molar-refractivity contribution in [3.8, 4) is 5.75 Å². The smallest absolute Gasteiger partial charge is 0.402 e. The molecule has 28 heavy (non-hydrogen) atoms. The largest absolute Gasteiger partial charge is 0.455 e. The molecule has 1 rings (SSSR count). The Bertz CT molecular complexity index is 847. The number of alkyl halides is 2. The average Bonchev–Trinajstić information content (AvgIpc) is 2.63. The number of ether oxygens (including phenoxy) is 2. The van der Waals surface area contributed by atoms with Crippen LogP contribution in [0.2, 0.25) is 0 Å². The van der Waals surface area contributed by atoms with E-state index in [1.807, 2.05) is 35.7 Å². The van der Waals surface area contributed by atoms with E-state index in [-0.39, 0.29) is 0 Å². The van der Waals surface area contributed by atoms with E-state index in [1.165, 1.54) is 0 Å². The van der Waals surface area contributed by atoms with Crippen molar-refractivity contribution >= 4 is 45.6 Å². The first kappa shape index (κ1) is 23.9. The van der Waals surface area contributed by atoms with Crippen LogP contribution in [-0.2, 0) is 43.4 Å². The number of hydrogen-bond donors (Lipinski definition) is 1. The predicted octanol–water partition coefficient (Wildman–Crippen LogP) is -1.43. The van der Waals surface area contributed by atoms with Crippen molar-refractivity contribution in [3.63, 3.8) is 0 Å². The van der Waals surface area contributed by atoms with Crippen LogP contribution in [-0.4, -0.2) is 60.3 Å². The molecule has 0 atom stereocenters. The lowest BCUT2D eigenvalue weighted by Gasteiger charge is -2.14. The van der Waals surface area contributed by atoms with Gasteiger partial charge < -0.3 is 9.47 Å². The number of benzene rings is 1. The number of carbonyl (C=O) groups excluding carboxylic acids is 2. The maximum absolute atomic E-state index is 13.0. The SMILES string of the molecule is BCc1cc(CB)c(OC(=O)/C=C\C(=O)OCC(F)(F)S(=O)(=O)O)c(CB)c1. The molecule has 0 bridgehead atoms. The lowest BCUT2D eigenvalue weighted by molar-refractivity contribution is -0.144. The van der Waals surface area contributed by atoms with Gasteiger partial charge in [0.1, 0.15) is 29.3 Å². The van der Waals surface area contributed by atoms with Crippen molar-refractivity contribution in [3.05, 3.63) is 41.0 Å². The van der Waals surface area contributed by atoms with Crippen LogP contribution in [0.5, 0.6) is 5.75 Å². The molecule has 0 amide bonds. The first-order chi connectivity index (χ1) is 12.9. The Morgan fingerprint density at radius 2 is 1.54 bits per heavy atom. The van der Waals surface area contributed by atoms with E-state index in [2.05, 4.69) is 4.74 Å². The highest BCUT2D eigenvalue weighted by molar-refractivity contribution is 7.86. The molecule has 0 saturated heterocycles. The van der Waals surface area contributed by atoms with Crippen LogP contribution in [0.3, 0.4) is 0 Å². The molecular formula is C15H19B3F2O7S. The first-order valence-electron chi connectivity index (χ1n) is 8.51. The second-order valence-corrected chi connectivity index (χ2v) is 7.33. The third kappa shape index (κ3) is 6.48. The van der Waals surface area contributed by atoms with E-state index in [9.17, 15) is 26.8 Å². The number of rotatable bonds is 9. The predicted molar refractivity (Wildman–Crippen MR) is 105 cm³/mol. The van der Waals surface area contributed by atoms with Crippen molar-refractivity contribution in [2.75, 3.05) is 6.61 Å². The Labute approximate surface area is 164 Å². The van der Waals surface area contributed by atoms with Crippen molar-refractivity contribution in [1.29, 1.82) is 0 Å². The molecule has 150 valence electrons. The summed E-state index contributed by atoms with van der Waals surface area (Å²) in [5, 5.41) is -4.65. The minimum Gasteiger partial charge on any atom is -0.455 e. The van der Waals surface area contributed by atoms with Gasteiger partial charge in [-0.3, -0.25) is 4.55 Å². The minimum absolute atomic E-state index is 0.378. The lowest BCUT2D eigenvalue weighted by atomic mass is 9.85. The van der Waals surface area contributed by atoms with E-state index in [0.717, 1.165) is 23.0 Å². The fraction of sp³-hybridized carbons (Fsp3) is 0.333. The second kappa shape index (κ2) is 9.88. The Morgan fingerprint density at radius 3 is 1.96 bits per heavy atom. The molecule has 0 aliphatic rings. The summed E-state index contributed by atoms with van der Waals surface area (Å²) in [7, 11) is 0.0762. The Kier molecular flexibility index (Phi) is 8.43. The van der Waals surface area contributed by atoms with Crippen LogP contribution in [0.4, 0.5) is 8.78 Å². The monoisotopic (exact) mass is 414 g/mol. The van der Waals surface area contributed by atoms with Gasteiger partial charge in [-0.15, -0.1) is 0 Å². The Hall–Kier alpha value is -2.14. The van der Waals surface area contributed by atoms with Crippen LogP contribution >= 0.6 is 0 Å². The zero-order chi connectivity index (χ0) is 21.5. The quantitative estimate of drug-likeness (QED) is 0.174. The van der Waals surface area contributed by atoms with Crippen molar-refractivity contribution < 1.29 is 40.8 Å². The number of halogens is 2. The van der Waals surface area contributed by atoms with Gasteiger partial charge in [-0.1, -0.05) is 36.7 Å². The number of carbonyl (C=O) groups is 2. The van der Waals surface area contributed by atoms with Gasteiger partial charge in [0.05, 0.1) is 0 Å². The van der Waals surface area contributed by atoms with Gasteiger partial charge in [0.25, 0.3) is 0 Å². The lowest BCUT2D eigenvalue weighted by Crippen LogP contribution is -2.34. The van der Waals surface area contributed by atoms with Crippen molar-refractivity contribution in [2.45, 2.75) is 24.2 Å². The van der Waals surface area contributed by atoms with Gasteiger partial charge in [-0.05, 0) is 11.1 Å². The fourth-order valence-corrected chi connectivity index (χ4v) is 2.44. The number of hydrogen-bond acceptors (Lipinski definition) is 6. The van der Waals surface area contributed by atoms with Gasteiger partial charge >= 0.3 is 27.3 Å². The molecule has 0 unspecified atom stereocenters. The summed E-state index contributed by atoms with van der Waals surface area (Å²) in [4.78, 5) is 23.3. The highest BCUT2D eigenvalue weighted by Crippen LogP contribution is 2.27.